The van der Waals surface area contributed by atoms with Crippen molar-refractivity contribution in [3.05, 3.63) is 33.4 Å². The number of ether oxygens (including phenoxy) is 1. The minimum atomic E-state index is -3.39. The molecular weight excluding hydrogens is 282 g/mol. The molecule has 8 nitrogen and oxygen atoms in total. The zero-order valence-corrected chi connectivity index (χ0v) is 9.49. The Morgan fingerprint density at radius 3 is 2.50 bits per heavy atom. The number of nitro groups is 1. The molecule has 1 unspecified atom stereocenters. The molecule has 1 rings (SSSR count). The average Bonchev–Trinajstić information content (AvgIpc) is 2.36. The predicted octanol–water partition coefficient (Wildman–Crippen LogP) is 1.19. The van der Waals surface area contributed by atoms with Gasteiger partial charge in [0, 0.05) is 0 Å². The number of aliphatic hydroxyl groups is 1. The van der Waals surface area contributed by atoms with Crippen molar-refractivity contribution < 1.29 is 33.4 Å². The van der Waals surface area contributed by atoms with Crippen LogP contribution in [-0.4, -0.2) is 27.7 Å². The molecule has 1 aromatic rings. The quantitative estimate of drug-likeness (QED) is 0.613. The first-order chi connectivity index (χ1) is 9.29. The highest BCUT2D eigenvalue weighted by Crippen LogP contribution is 2.37. The summed E-state index contributed by atoms with van der Waals surface area (Å²) in [6, 6.07) is 2.97. The zero-order chi connectivity index (χ0) is 15.4. The van der Waals surface area contributed by atoms with E-state index in [0.717, 1.165) is 12.1 Å². The Bertz CT molecular complexity index is 598. The molecule has 0 radical (unpaired) electrons. The summed E-state index contributed by atoms with van der Waals surface area (Å²) in [5, 5.41) is 37.7. The van der Waals surface area contributed by atoms with Crippen molar-refractivity contribution >= 4 is 11.7 Å². The van der Waals surface area contributed by atoms with E-state index in [1.165, 1.54) is 6.07 Å². The predicted molar refractivity (Wildman–Crippen MR) is 57.0 cm³/mol. The number of hydrogen-bond donors (Lipinski definition) is 2. The van der Waals surface area contributed by atoms with Gasteiger partial charge in [0.25, 0.3) is 5.69 Å². The first kappa shape index (κ1) is 15.3. The second kappa shape index (κ2) is 5.89. The van der Waals surface area contributed by atoms with Gasteiger partial charge in [-0.15, -0.1) is 0 Å². The first-order valence-corrected chi connectivity index (χ1v) is 4.86. The van der Waals surface area contributed by atoms with Gasteiger partial charge >= 0.3 is 12.6 Å². The van der Waals surface area contributed by atoms with Crippen LogP contribution < -0.4 is 4.74 Å². The number of halogens is 2. The van der Waals surface area contributed by atoms with Crippen LogP contribution in [0.1, 0.15) is 17.2 Å². The summed E-state index contributed by atoms with van der Waals surface area (Å²) in [7, 11) is 0. The molecule has 0 amide bonds. The van der Waals surface area contributed by atoms with Crippen LogP contribution in [0.15, 0.2) is 12.1 Å². The number of aliphatic hydroxyl groups excluding tert-OH is 1. The van der Waals surface area contributed by atoms with Crippen molar-refractivity contribution in [2.45, 2.75) is 12.7 Å². The molecule has 2 N–H and O–H groups in total. The maximum absolute atomic E-state index is 12.2. The zero-order valence-electron chi connectivity index (χ0n) is 9.49. The number of nitro benzene ring substituents is 1. The fourth-order valence-electron chi connectivity index (χ4n) is 1.46. The number of nitriles is 1. The third kappa shape index (κ3) is 2.96. The molecule has 1 aromatic carbocycles. The molecule has 106 valence electrons. The van der Waals surface area contributed by atoms with E-state index in [1.807, 2.05) is 0 Å². The Morgan fingerprint density at radius 1 is 1.50 bits per heavy atom. The summed E-state index contributed by atoms with van der Waals surface area (Å²) in [5.41, 5.74) is -2.70. The summed E-state index contributed by atoms with van der Waals surface area (Å²) < 4.78 is 28.3. The van der Waals surface area contributed by atoms with Gasteiger partial charge in [0.1, 0.15) is 22.9 Å². The lowest BCUT2D eigenvalue weighted by Gasteiger charge is -2.13. The normalized spacial score (nSPS) is 11.8. The Balaban J connectivity index is 3.64. The van der Waals surface area contributed by atoms with Gasteiger partial charge in [-0.1, -0.05) is 0 Å². The molecule has 0 aliphatic carbocycles. The van der Waals surface area contributed by atoms with Gasteiger partial charge in [-0.3, -0.25) is 10.1 Å². The number of aliphatic carboxylic acids is 1. The van der Waals surface area contributed by atoms with E-state index in [-0.39, 0.29) is 0 Å². The highest BCUT2D eigenvalue weighted by molar-refractivity contribution is 5.78. The number of hydrogen-bond acceptors (Lipinski definition) is 6. The van der Waals surface area contributed by atoms with Crippen LogP contribution in [0, 0.1) is 21.4 Å². The van der Waals surface area contributed by atoms with Gasteiger partial charge in [0.2, 0.25) is 0 Å². The van der Waals surface area contributed by atoms with Crippen molar-refractivity contribution in [1.29, 1.82) is 5.26 Å². The Labute approximate surface area is 109 Å². The van der Waals surface area contributed by atoms with Gasteiger partial charge in [-0.25, -0.2) is 4.79 Å². The van der Waals surface area contributed by atoms with Gasteiger partial charge < -0.3 is 14.9 Å². The number of alkyl halides is 2. The molecule has 0 saturated heterocycles. The van der Waals surface area contributed by atoms with Crippen molar-refractivity contribution in [3.63, 3.8) is 0 Å². The van der Waals surface area contributed by atoms with E-state index in [1.54, 1.807) is 0 Å². The van der Waals surface area contributed by atoms with E-state index in [4.69, 9.17) is 10.4 Å². The molecule has 0 spiro atoms. The second-order valence-electron chi connectivity index (χ2n) is 3.36. The minimum Gasteiger partial charge on any atom is -0.479 e. The van der Waals surface area contributed by atoms with Crippen molar-refractivity contribution in [3.8, 4) is 11.8 Å². The molecule has 0 aromatic heterocycles. The molecule has 1 atom stereocenters. The first-order valence-electron chi connectivity index (χ1n) is 4.86. The molecule has 0 heterocycles. The highest BCUT2D eigenvalue weighted by Gasteiger charge is 2.33. The van der Waals surface area contributed by atoms with Gasteiger partial charge in [-0.05, 0) is 12.1 Å². The molecule has 0 bridgehead atoms. The number of rotatable bonds is 5. The van der Waals surface area contributed by atoms with E-state index >= 15 is 0 Å². The van der Waals surface area contributed by atoms with Crippen LogP contribution in [0.25, 0.3) is 0 Å². The summed E-state index contributed by atoms with van der Waals surface area (Å²) >= 11 is 0. The van der Waals surface area contributed by atoms with E-state index in [9.17, 15) is 28.8 Å². The lowest BCUT2D eigenvalue weighted by atomic mass is 10.0. The monoisotopic (exact) mass is 288 g/mol. The number of carboxylic acid groups (broad SMARTS) is 1. The third-order valence-corrected chi connectivity index (χ3v) is 2.20. The molecule has 10 heteroatoms. The van der Waals surface area contributed by atoms with Crippen LogP contribution in [0.4, 0.5) is 14.5 Å². The molecule has 0 saturated carbocycles. The molecule has 20 heavy (non-hydrogen) atoms. The summed E-state index contributed by atoms with van der Waals surface area (Å²) in [4.78, 5) is 20.4. The van der Waals surface area contributed by atoms with Crippen molar-refractivity contribution in [2.24, 2.45) is 0 Å². The highest BCUT2D eigenvalue weighted by atomic mass is 19.3. The maximum Gasteiger partial charge on any atom is 0.387 e. The van der Waals surface area contributed by atoms with Crippen LogP contribution in [0.2, 0.25) is 0 Å². The summed E-state index contributed by atoms with van der Waals surface area (Å²) in [6.07, 6.45) is -2.49. The van der Waals surface area contributed by atoms with Crippen LogP contribution in [-0.2, 0) is 4.79 Å². The van der Waals surface area contributed by atoms with Crippen LogP contribution in [0.3, 0.4) is 0 Å². The lowest BCUT2D eigenvalue weighted by molar-refractivity contribution is -0.386. The Hall–Kier alpha value is -2.80. The lowest BCUT2D eigenvalue weighted by Crippen LogP contribution is -2.16. The second-order valence-corrected chi connectivity index (χ2v) is 3.36. The third-order valence-electron chi connectivity index (χ3n) is 2.20. The SMILES string of the molecule is N#Cc1ccc(OC(F)F)c(C(O)C(=O)O)c1[N+](=O)[O-]. The van der Waals surface area contributed by atoms with Crippen LogP contribution >= 0.6 is 0 Å². The standard InChI is InChI=1S/C10H6F2N2O6/c11-10(12)20-5-2-1-4(3-13)7(14(18)19)6(5)8(15)9(16)17/h1-2,8,10,15H,(H,16,17). The topological polar surface area (TPSA) is 134 Å². The Kier molecular flexibility index (Phi) is 4.50. The molecule has 0 aliphatic heterocycles. The maximum atomic E-state index is 12.2. The number of nitrogens with zero attached hydrogens (tertiary/aromatic N) is 2. The van der Waals surface area contributed by atoms with Gasteiger partial charge in [0.05, 0.1) is 4.92 Å². The largest absolute Gasteiger partial charge is 0.479 e. The van der Waals surface area contributed by atoms with E-state index < -0.39 is 46.2 Å². The molecule has 0 aliphatic rings. The van der Waals surface area contributed by atoms with E-state index in [2.05, 4.69) is 4.74 Å². The Morgan fingerprint density at radius 2 is 2.10 bits per heavy atom. The molecule has 0 fully saturated rings. The summed E-state index contributed by atoms with van der Waals surface area (Å²) in [6.45, 7) is -3.39. The van der Waals surface area contributed by atoms with Gasteiger partial charge in [-0.2, -0.15) is 14.0 Å². The average molecular weight is 288 g/mol. The van der Waals surface area contributed by atoms with Crippen molar-refractivity contribution in [2.75, 3.05) is 0 Å². The van der Waals surface area contributed by atoms with E-state index in [0.29, 0.717) is 0 Å². The smallest absolute Gasteiger partial charge is 0.387 e. The number of carbonyl (C=O) groups is 1. The van der Waals surface area contributed by atoms with Crippen molar-refractivity contribution in [1.82, 2.24) is 0 Å². The fraction of sp³-hybridized carbons (Fsp3) is 0.200. The fourth-order valence-corrected chi connectivity index (χ4v) is 1.46. The minimum absolute atomic E-state index is 0.591. The number of benzene rings is 1. The number of carboxylic acids is 1. The summed E-state index contributed by atoms with van der Waals surface area (Å²) in [5.74, 6) is -2.80. The van der Waals surface area contributed by atoms with Gasteiger partial charge in [0.15, 0.2) is 6.10 Å². The molecular formula is C10H6F2N2O6. The van der Waals surface area contributed by atoms with Crippen LogP contribution in [0.5, 0.6) is 5.75 Å².